The molecule has 1 saturated carbocycles. The van der Waals surface area contributed by atoms with E-state index >= 15 is 0 Å². The third-order valence-corrected chi connectivity index (χ3v) is 5.61. The van der Waals surface area contributed by atoms with Crippen molar-refractivity contribution in [1.82, 2.24) is 10.3 Å². The van der Waals surface area contributed by atoms with E-state index in [9.17, 15) is 4.79 Å². The van der Waals surface area contributed by atoms with Gasteiger partial charge in [0.2, 0.25) is 5.91 Å². The minimum absolute atomic E-state index is 0.121. The first-order chi connectivity index (χ1) is 11.0. The molecule has 4 heteroatoms. The first kappa shape index (κ1) is 16.3. The molecule has 1 fully saturated rings. The van der Waals surface area contributed by atoms with Crippen molar-refractivity contribution >= 4 is 28.6 Å². The van der Waals surface area contributed by atoms with E-state index in [0.717, 1.165) is 23.4 Å². The van der Waals surface area contributed by atoms with Gasteiger partial charge < -0.3 is 5.32 Å². The van der Waals surface area contributed by atoms with E-state index in [1.54, 1.807) is 11.8 Å². The standard InChI is InChI=1S/C19H24N2OS/c1-12-7-6-10-16-13(2)11-17(21-18(12)16)23-14(3)19(22)20-15-8-4-5-9-15/h6-7,10-11,14-15H,4-5,8-9H2,1-3H3,(H,20,22)/t14-/m1/s1. The molecule has 0 spiro atoms. The molecule has 1 aromatic heterocycles. The summed E-state index contributed by atoms with van der Waals surface area (Å²) in [6.07, 6.45) is 4.71. The average Bonchev–Trinajstić information content (AvgIpc) is 3.01. The highest BCUT2D eigenvalue weighted by molar-refractivity contribution is 8.00. The Hall–Kier alpha value is -1.55. The van der Waals surface area contributed by atoms with Crippen molar-refractivity contribution in [2.45, 2.75) is 62.8 Å². The Kier molecular flexibility index (Phi) is 4.90. The Bertz CT molecular complexity index is 723. The number of amides is 1. The van der Waals surface area contributed by atoms with E-state index in [1.165, 1.54) is 29.4 Å². The van der Waals surface area contributed by atoms with Gasteiger partial charge in [0, 0.05) is 11.4 Å². The molecule has 0 bridgehead atoms. The van der Waals surface area contributed by atoms with Gasteiger partial charge in [-0.3, -0.25) is 4.79 Å². The minimum atomic E-state index is -0.121. The number of carbonyl (C=O) groups excluding carboxylic acids is 1. The number of nitrogens with zero attached hydrogens (tertiary/aromatic N) is 1. The monoisotopic (exact) mass is 328 g/mol. The molecular formula is C19H24N2OS. The molecule has 1 N–H and O–H groups in total. The van der Waals surface area contributed by atoms with Gasteiger partial charge in [0.05, 0.1) is 15.8 Å². The number of rotatable bonds is 4. The molecule has 1 atom stereocenters. The fourth-order valence-corrected chi connectivity index (χ4v) is 4.14. The van der Waals surface area contributed by atoms with Crippen LogP contribution in [-0.4, -0.2) is 22.2 Å². The molecule has 0 saturated heterocycles. The van der Waals surface area contributed by atoms with E-state index < -0.39 is 0 Å². The summed E-state index contributed by atoms with van der Waals surface area (Å²) < 4.78 is 0. The molecule has 0 radical (unpaired) electrons. The van der Waals surface area contributed by atoms with Crippen LogP contribution in [-0.2, 0) is 4.79 Å². The zero-order valence-corrected chi connectivity index (χ0v) is 14.9. The second-order valence-electron chi connectivity index (χ2n) is 6.50. The number of carbonyl (C=O) groups is 1. The van der Waals surface area contributed by atoms with Crippen LogP contribution in [0, 0.1) is 13.8 Å². The smallest absolute Gasteiger partial charge is 0.233 e. The van der Waals surface area contributed by atoms with Crippen LogP contribution in [0.25, 0.3) is 10.9 Å². The Balaban J connectivity index is 1.75. The SMILES string of the molecule is Cc1cc(S[C@H](C)C(=O)NC2CCCC2)nc2c(C)cccc12. The molecule has 0 unspecified atom stereocenters. The van der Waals surface area contributed by atoms with Gasteiger partial charge in [-0.05, 0) is 50.8 Å². The third kappa shape index (κ3) is 3.69. The van der Waals surface area contributed by atoms with Crippen LogP contribution in [0.3, 0.4) is 0 Å². The second kappa shape index (κ2) is 6.91. The molecule has 1 aliphatic rings. The van der Waals surface area contributed by atoms with Crippen molar-refractivity contribution in [2.75, 3.05) is 0 Å². The molecular weight excluding hydrogens is 304 g/mol. The zero-order chi connectivity index (χ0) is 16.4. The van der Waals surface area contributed by atoms with Gasteiger partial charge in [0.25, 0.3) is 0 Å². The number of nitrogens with one attached hydrogen (secondary N) is 1. The number of para-hydroxylation sites is 1. The molecule has 2 aromatic rings. The summed E-state index contributed by atoms with van der Waals surface area (Å²) in [7, 11) is 0. The summed E-state index contributed by atoms with van der Waals surface area (Å²) in [5.74, 6) is 0.131. The molecule has 1 amide bonds. The van der Waals surface area contributed by atoms with Crippen molar-refractivity contribution < 1.29 is 4.79 Å². The third-order valence-electron chi connectivity index (χ3n) is 4.59. The molecule has 1 aliphatic carbocycles. The van der Waals surface area contributed by atoms with E-state index in [0.29, 0.717) is 6.04 Å². The van der Waals surface area contributed by atoms with E-state index in [1.807, 2.05) is 6.92 Å². The van der Waals surface area contributed by atoms with Gasteiger partial charge in [0.15, 0.2) is 0 Å². The van der Waals surface area contributed by atoms with Crippen LogP contribution in [0.5, 0.6) is 0 Å². The van der Waals surface area contributed by atoms with Crippen LogP contribution in [0.2, 0.25) is 0 Å². The lowest BCUT2D eigenvalue weighted by Gasteiger charge is -2.16. The lowest BCUT2D eigenvalue weighted by molar-refractivity contribution is -0.120. The molecule has 1 heterocycles. The number of hydrogen-bond acceptors (Lipinski definition) is 3. The van der Waals surface area contributed by atoms with E-state index in [-0.39, 0.29) is 11.2 Å². The van der Waals surface area contributed by atoms with Gasteiger partial charge in [-0.25, -0.2) is 4.98 Å². The summed E-state index contributed by atoms with van der Waals surface area (Å²) in [5, 5.41) is 5.17. The Morgan fingerprint density at radius 2 is 2.00 bits per heavy atom. The highest BCUT2D eigenvalue weighted by Crippen LogP contribution is 2.28. The van der Waals surface area contributed by atoms with Crippen LogP contribution in [0.4, 0.5) is 0 Å². The van der Waals surface area contributed by atoms with Gasteiger partial charge in [-0.15, -0.1) is 0 Å². The summed E-state index contributed by atoms with van der Waals surface area (Å²) in [6, 6.07) is 8.72. The lowest BCUT2D eigenvalue weighted by atomic mass is 10.1. The second-order valence-corrected chi connectivity index (χ2v) is 7.86. The Labute approximate surface area is 142 Å². The van der Waals surface area contributed by atoms with Crippen molar-refractivity contribution in [3.63, 3.8) is 0 Å². The average molecular weight is 328 g/mol. The molecule has 1 aromatic carbocycles. The fourth-order valence-electron chi connectivity index (χ4n) is 3.21. The fraction of sp³-hybridized carbons (Fsp3) is 0.474. The largest absolute Gasteiger partial charge is 0.352 e. The van der Waals surface area contributed by atoms with Crippen LogP contribution in [0.15, 0.2) is 29.3 Å². The molecule has 3 rings (SSSR count). The number of aryl methyl sites for hydroxylation is 2. The Morgan fingerprint density at radius 1 is 1.26 bits per heavy atom. The highest BCUT2D eigenvalue weighted by Gasteiger charge is 2.21. The summed E-state index contributed by atoms with van der Waals surface area (Å²) in [5.41, 5.74) is 3.43. The molecule has 23 heavy (non-hydrogen) atoms. The summed E-state index contributed by atoms with van der Waals surface area (Å²) in [6.45, 7) is 6.16. The first-order valence-electron chi connectivity index (χ1n) is 8.38. The predicted octanol–water partition coefficient (Wildman–Crippen LogP) is 4.39. The van der Waals surface area contributed by atoms with Crippen LogP contribution >= 0.6 is 11.8 Å². The van der Waals surface area contributed by atoms with Gasteiger partial charge in [-0.2, -0.15) is 0 Å². The predicted molar refractivity (Wildman–Crippen MR) is 96.9 cm³/mol. The van der Waals surface area contributed by atoms with Crippen molar-refractivity contribution in [3.05, 3.63) is 35.4 Å². The first-order valence-corrected chi connectivity index (χ1v) is 9.26. The zero-order valence-electron chi connectivity index (χ0n) is 14.1. The number of fused-ring (bicyclic) bond motifs is 1. The van der Waals surface area contributed by atoms with Gasteiger partial charge in [-0.1, -0.05) is 42.8 Å². The van der Waals surface area contributed by atoms with Crippen molar-refractivity contribution in [2.24, 2.45) is 0 Å². The minimum Gasteiger partial charge on any atom is -0.352 e. The van der Waals surface area contributed by atoms with Crippen LogP contribution < -0.4 is 5.32 Å². The number of hydrogen-bond donors (Lipinski definition) is 1. The number of benzene rings is 1. The summed E-state index contributed by atoms with van der Waals surface area (Å²) >= 11 is 1.55. The summed E-state index contributed by atoms with van der Waals surface area (Å²) in [4.78, 5) is 17.1. The Morgan fingerprint density at radius 3 is 2.74 bits per heavy atom. The number of pyridine rings is 1. The van der Waals surface area contributed by atoms with E-state index in [2.05, 4.69) is 43.4 Å². The van der Waals surface area contributed by atoms with Gasteiger partial charge >= 0.3 is 0 Å². The number of aromatic nitrogens is 1. The van der Waals surface area contributed by atoms with Crippen molar-refractivity contribution in [1.29, 1.82) is 0 Å². The maximum Gasteiger partial charge on any atom is 0.233 e. The van der Waals surface area contributed by atoms with Crippen LogP contribution in [0.1, 0.15) is 43.7 Å². The maximum absolute atomic E-state index is 12.4. The number of thioether (sulfide) groups is 1. The molecule has 3 nitrogen and oxygen atoms in total. The van der Waals surface area contributed by atoms with E-state index in [4.69, 9.17) is 4.98 Å². The molecule has 122 valence electrons. The van der Waals surface area contributed by atoms with Gasteiger partial charge in [0.1, 0.15) is 0 Å². The normalized spacial score (nSPS) is 16.7. The molecule has 0 aliphatic heterocycles. The quantitative estimate of drug-likeness (QED) is 0.846. The van der Waals surface area contributed by atoms with Crippen molar-refractivity contribution in [3.8, 4) is 0 Å². The maximum atomic E-state index is 12.4. The lowest BCUT2D eigenvalue weighted by Crippen LogP contribution is -2.37. The topological polar surface area (TPSA) is 42.0 Å². The highest BCUT2D eigenvalue weighted by atomic mass is 32.2.